The van der Waals surface area contributed by atoms with Crippen LogP contribution in [0.15, 0.2) is 29.3 Å². The standard InChI is InChI=1S/C14H23N3.HI/c1-11(2)10-17-14(15)16-8-7-13-6-4-5-12(3)9-13;/h4-6,9,11H,7-8,10H2,1-3H3,(H3,15,16,17);1H. The molecule has 1 aromatic carbocycles. The van der Waals surface area contributed by atoms with E-state index in [1.165, 1.54) is 11.1 Å². The third kappa shape index (κ3) is 7.53. The molecule has 0 amide bonds. The van der Waals surface area contributed by atoms with Crippen LogP contribution in [0.1, 0.15) is 25.0 Å². The van der Waals surface area contributed by atoms with Crippen molar-refractivity contribution in [3.05, 3.63) is 35.4 Å². The maximum Gasteiger partial charge on any atom is 0.188 e. The number of hydrogen-bond acceptors (Lipinski definition) is 1. The highest BCUT2D eigenvalue weighted by Gasteiger charge is 1.96. The number of aliphatic imine (C=N–C) groups is 1. The molecule has 0 fully saturated rings. The first kappa shape index (κ1) is 17.2. The number of hydrogen-bond donors (Lipinski definition) is 2. The fourth-order valence-electron chi connectivity index (χ4n) is 1.54. The Morgan fingerprint density at radius 1 is 1.39 bits per heavy atom. The van der Waals surface area contributed by atoms with E-state index in [-0.39, 0.29) is 24.0 Å². The van der Waals surface area contributed by atoms with Gasteiger partial charge in [-0.15, -0.1) is 24.0 Å². The highest BCUT2D eigenvalue weighted by atomic mass is 127. The molecule has 0 radical (unpaired) electrons. The van der Waals surface area contributed by atoms with Crippen LogP contribution in [0.2, 0.25) is 0 Å². The van der Waals surface area contributed by atoms with Crippen molar-refractivity contribution < 1.29 is 0 Å². The van der Waals surface area contributed by atoms with E-state index < -0.39 is 0 Å². The lowest BCUT2D eigenvalue weighted by atomic mass is 10.1. The van der Waals surface area contributed by atoms with Gasteiger partial charge in [-0.3, -0.25) is 4.99 Å². The van der Waals surface area contributed by atoms with Crippen LogP contribution in [-0.2, 0) is 6.42 Å². The highest BCUT2D eigenvalue weighted by molar-refractivity contribution is 14.0. The van der Waals surface area contributed by atoms with E-state index in [1.807, 2.05) is 0 Å². The van der Waals surface area contributed by atoms with Crippen molar-refractivity contribution in [3.63, 3.8) is 0 Å². The van der Waals surface area contributed by atoms with Gasteiger partial charge in [-0.05, 0) is 24.8 Å². The predicted octanol–water partition coefficient (Wildman–Crippen LogP) is 2.72. The second-order valence-corrected chi connectivity index (χ2v) is 4.79. The number of halogens is 1. The summed E-state index contributed by atoms with van der Waals surface area (Å²) < 4.78 is 0. The molecular weight excluding hydrogens is 337 g/mol. The maximum absolute atomic E-state index is 5.75. The molecule has 0 unspecified atom stereocenters. The molecule has 3 N–H and O–H groups in total. The minimum atomic E-state index is 0. The summed E-state index contributed by atoms with van der Waals surface area (Å²) in [6.45, 7) is 7.97. The lowest BCUT2D eigenvalue weighted by Crippen LogP contribution is -2.33. The van der Waals surface area contributed by atoms with Crippen LogP contribution in [-0.4, -0.2) is 19.0 Å². The van der Waals surface area contributed by atoms with Crippen molar-refractivity contribution in [3.8, 4) is 0 Å². The first-order chi connectivity index (χ1) is 8.08. The highest BCUT2D eigenvalue weighted by Crippen LogP contribution is 2.03. The van der Waals surface area contributed by atoms with E-state index in [9.17, 15) is 0 Å². The average Bonchev–Trinajstić information content (AvgIpc) is 2.26. The van der Waals surface area contributed by atoms with E-state index in [1.54, 1.807) is 0 Å². The number of nitrogens with zero attached hydrogens (tertiary/aromatic N) is 1. The summed E-state index contributed by atoms with van der Waals surface area (Å²) in [7, 11) is 0. The van der Waals surface area contributed by atoms with E-state index in [2.05, 4.69) is 55.3 Å². The van der Waals surface area contributed by atoms with Crippen LogP contribution in [0.4, 0.5) is 0 Å². The first-order valence-electron chi connectivity index (χ1n) is 6.17. The van der Waals surface area contributed by atoms with Gasteiger partial charge in [-0.1, -0.05) is 43.7 Å². The van der Waals surface area contributed by atoms with Gasteiger partial charge in [0.2, 0.25) is 0 Å². The minimum Gasteiger partial charge on any atom is -0.370 e. The average molecular weight is 361 g/mol. The lowest BCUT2D eigenvalue weighted by molar-refractivity contribution is 0.661. The molecule has 0 bridgehead atoms. The maximum atomic E-state index is 5.75. The molecule has 0 aromatic heterocycles. The number of aryl methyl sites for hydroxylation is 1. The fourth-order valence-corrected chi connectivity index (χ4v) is 1.54. The van der Waals surface area contributed by atoms with E-state index in [0.29, 0.717) is 11.9 Å². The zero-order valence-corrected chi connectivity index (χ0v) is 13.8. The number of guanidine groups is 1. The third-order valence-corrected chi connectivity index (χ3v) is 2.43. The molecule has 0 aliphatic heterocycles. The van der Waals surface area contributed by atoms with E-state index in [0.717, 1.165) is 19.5 Å². The van der Waals surface area contributed by atoms with Crippen LogP contribution >= 0.6 is 24.0 Å². The lowest BCUT2D eigenvalue weighted by Gasteiger charge is -2.07. The Kier molecular flexibility index (Phi) is 8.79. The van der Waals surface area contributed by atoms with Crippen LogP contribution in [0.25, 0.3) is 0 Å². The summed E-state index contributed by atoms with van der Waals surface area (Å²) in [5, 5.41) is 3.13. The summed E-state index contributed by atoms with van der Waals surface area (Å²) in [4.78, 5) is 4.26. The van der Waals surface area contributed by atoms with Gasteiger partial charge in [0.25, 0.3) is 0 Å². The first-order valence-corrected chi connectivity index (χ1v) is 6.17. The molecule has 0 aliphatic carbocycles. The van der Waals surface area contributed by atoms with Gasteiger partial charge in [0.05, 0.1) is 0 Å². The Morgan fingerprint density at radius 3 is 2.72 bits per heavy atom. The zero-order chi connectivity index (χ0) is 12.7. The summed E-state index contributed by atoms with van der Waals surface area (Å²) in [5.74, 6) is 1.10. The molecule has 1 aromatic rings. The SMILES string of the molecule is Cc1cccc(CCNC(N)=NCC(C)C)c1.I. The predicted molar refractivity (Wildman–Crippen MR) is 89.6 cm³/mol. The monoisotopic (exact) mass is 361 g/mol. The van der Waals surface area contributed by atoms with Crippen LogP contribution in [0.3, 0.4) is 0 Å². The van der Waals surface area contributed by atoms with E-state index in [4.69, 9.17) is 5.73 Å². The van der Waals surface area contributed by atoms with Gasteiger partial charge >= 0.3 is 0 Å². The van der Waals surface area contributed by atoms with Crippen LogP contribution < -0.4 is 11.1 Å². The van der Waals surface area contributed by atoms with Gasteiger partial charge < -0.3 is 11.1 Å². The molecule has 0 heterocycles. The number of nitrogens with two attached hydrogens (primary N) is 1. The van der Waals surface area contributed by atoms with Crippen LogP contribution in [0.5, 0.6) is 0 Å². The van der Waals surface area contributed by atoms with Gasteiger partial charge in [0.1, 0.15) is 0 Å². The van der Waals surface area contributed by atoms with Crippen molar-refractivity contribution in [1.29, 1.82) is 0 Å². The molecule has 1 rings (SSSR count). The Balaban J connectivity index is 0.00000289. The summed E-state index contributed by atoms with van der Waals surface area (Å²) in [5.41, 5.74) is 8.38. The second kappa shape index (κ2) is 9.19. The fraction of sp³-hybridized carbons (Fsp3) is 0.500. The summed E-state index contributed by atoms with van der Waals surface area (Å²) in [6.07, 6.45) is 0.972. The molecule has 3 nitrogen and oxygen atoms in total. The van der Waals surface area contributed by atoms with Gasteiger partial charge in [0.15, 0.2) is 5.96 Å². The molecule has 102 valence electrons. The Morgan fingerprint density at radius 2 is 2.11 bits per heavy atom. The number of nitrogens with one attached hydrogen (secondary N) is 1. The van der Waals surface area contributed by atoms with Crippen molar-refractivity contribution >= 4 is 29.9 Å². The van der Waals surface area contributed by atoms with Crippen LogP contribution in [0, 0.1) is 12.8 Å². The molecule has 4 heteroatoms. The molecule has 0 aliphatic rings. The molecular formula is C14H24IN3. The largest absolute Gasteiger partial charge is 0.370 e. The Labute approximate surface area is 127 Å². The topological polar surface area (TPSA) is 50.4 Å². The Bertz CT molecular complexity index is 375. The number of rotatable bonds is 5. The smallest absolute Gasteiger partial charge is 0.188 e. The molecule has 18 heavy (non-hydrogen) atoms. The zero-order valence-electron chi connectivity index (χ0n) is 11.4. The van der Waals surface area contributed by atoms with Gasteiger partial charge in [0, 0.05) is 13.1 Å². The quantitative estimate of drug-likeness (QED) is 0.481. The second-order valence-electron chi connectivity index (χ2n) is 4.79. The van der Waals surface area contributed by atoms with E-state index >= 15 is 0 Å². The van der Waals surface area contributed by atoms with Crippen molar-refractivity contribution in [2.45, 2.75) is 27.2 Å². The molecule has 0 saturated heterocycles. The van der Waals surface area contributed by atoms with Crippen molar-refractivity contribution in [2.24, 2.45) is 16.6 Å². The molecule has 0 atom stereocenters. The summed E-state index contributed by atoms with van der Waals surface area (Å²) in [6, 6.07) is 8.52. The van der Waals surface area contributed by atoms with Crippen molar-refractivity contribution in [2.75, 3.05) is 13.1 Å². The molecule has 0 saturated carbocycles. The van der Waals surface area contributed by atoms with Crippen molar-refractivity contribution in [1.82, 2.24) is 5.32 Å². The normalized spacial score (nSPS) is 11.2. The Hall–Kier alpha value is -0.780. The number of benzene rings is 1. The minimum absolute atomic E-state index is 0. The van der Waals surface area contributed by atoms with Gasteiger partial charge in [-0.25, -0.2) is 0 Å². The molecule has 0 spiro atoms. The van der Waals surface area contributed by atoms with Gasteiger partial charge in [-0.2, -0.15) is 0 Å². The summed E-state index contributed by atoms with van der Waals surface area (Å²) >= 11 is 0. The third-order valence-electron chi connectivity index (χ3n) is 2.43.